The van der Waals surface area contributed by atoms with E-state index < -0.39 is 0 Å². The standard InChI is InChI=1S/C10H11ClN6O/c11-7-2-8(12)10(14-4-7)17-5-6(1-9(17)18)3-15-16-13/h2,4,6H,1,3,5,12H2. The van der Waals surface area contributed by atoms with Crippen molar-refractivity contribution >= 4 is 29.0 Å². The van der Waals surface area contributed by atoms with Crippen LogP contribution in [0.4, 0.5) is 11.5 Å². The SMILES string of the molecule is [N-]=[N+]=NCC1CC(=O)N(c2ncc(Cl)cc2N)C1. The number of carbonyl (C=O) groups excluding carboxylic acids is 1. The van der Waals surface area contributed by atoms with Crippen molar-refractivity contribution in [2.45, 2.75) is 6.42 Å². The summed E-state index contributed by atoms with van der Waals surface area (Å²) in [5.41, 5.74) is 14.4. The third kappa shape index (κ3) is 2.47. The molecule has 1 aromatic heterocycles. The molecule has 1 aromatic rings. The van der Waals surface area contributed by atoms with Crippen molar-refractivity contribution in [2.75, 3.05) is 23.7 Å². The van der Waals surface area contributed by atoms with Gasteiger partial charge in [-0.3, -0.25) is 9.69 Å². The van der Waals surface area contributed by atoms with Gasteiger partial charge in [-0.25, -0.2) is 4.98 Å². The van der Waals surface area contributed by atoms with E-state index in [-0.39, 0.29) is 11.8 Å². The molecule has 2 heterocycles. The summed E-state index contributed by atoms with van der Waals surface area (Å²) in [5, 5.41) is 3.91. The number of amides is 1. The van der Waals surface area contributed by atoms with Crippen molar-refractivity contribution in [3.63, 3.8) is 0 Å². The lowest BCUT2D eigenvalue weighted by molar-refractivity contribution is -0.117. The molecule has 94 valence electrons. The van der Waals surface area contributed by atoms with Gasteiger partial charge in [0.05, 0.1) is 10.7 Å². The van der Waals surface area contributed by atoms with Gasteiger partial charge in [-0.2, -0.15) is 0 Å². The van der Waals surface area contributed by atoms with E-state index in [4.69, 9.17) is 22.9 Å². The molecule has 0 bridgehead atoms. The van der Waals surface area contributed by atoms with Crippen LogP contribution in [0.25, 0.3) is 10.4 Å². The minimum absolute atomic E-state index is 0.00489. The Labute approximate surface area is 108 Å². The van der Waals surface area contributed by atoms with E-state index in [9.17, 15) is 4.79 Å². The van der Waals surface area contributed by atoms with Gasteiger partial charge in [0.1, 0.15) is 0 Å². The van der Waals surface area contributed by atoms with Crippen molar-refractivity contribution in [1.82, 2.24) is 4.98 Å². The Morgan fingerprint density at radius 2 is 2.50 bits per heavy atom. The fourth-order valence-corrected chi connectivity index (χ4v) is 2.10. The molecule has 1 unspecified atom stereocenters. The predicted octanol–water partition coefficient (Wildman–Crippen LogP) is 1.98. The Balaban J connectivity index is 2.18. The van der Waals surface area contributed by atoms with Gasteiger partial charge in [-0.15, -0.1) is 0 Å². The first-order valence-electron chi connectivity index (χ1n) is 5.34. The monoisotopic (exact) mass is 266 g/mol. The highest BCUT2D eigenvalue weighted by molar-refractivity contribution is 6.30. The molecule has 18 heavy (non-hydrogen) atoms. The number of halogens is 1. The second-order valence-electron chi connectivity index (χ2n) is 4.05. The van der Waals surface area contributed by atoms with Crippen LogP contribution in [0.15, 0.2) is 17.4 Å². The average Bonchev–Trinajstić information content (AvgIpc) is 2.68. The molecule has 1 aliphatic heterocycles. The fourth-order valence-electron chi connectivity index (χ4n) is 1.93. The maximum absolute atomic E-state index is 11.8. The first kappa shape index (κ1) is 12.5. The van der Waals surface area contributed by atoms with Crippen molar-refractivity contribution in [1.29, 1.82) is 0 Å². The van der Waals surface area contributed by atoms with Crippen LogP contribution >= 0.6 is 11.6 Å². The van der Waals surface area contributed by atoms with Crippen molar-refractivity contribution in [2.24, 2.45) is 11.0 Å². The van der Waals surface area contributed by atoms with Gasteiger partial charge in [0, 0.05) is 30.6 Å². The first-order chi connectivity index (χ1) is 8.61. The molecule has 8 heteroatoms. The number of pyridine rings is 1. The number of anilines is 2. The van der Waals surface area contributed by atoms with Crippen molar-refractivity contribution in [3.05, 3.63) is 27.7 Å². The molecule has 0 saturated carbocycles. The molecule has 1 aliphatic rings. The molecule has 2 rings (SSSR count). The van der Waals surface area contributed by atoms with Crippen LogP contribution in [0.1, 0.15) is 6.42 Å². The second-order valence-corrected chi connectivity index (χ2v) is 4.49. The summed E-state index contributed by atoms with van der Waals surface area (Å²) in [7, 11) is 0. The Morgan fingerprint density at radius 1 is 1.72 bits per heavy atom. The maximum atomic E-state index is 11.8. The molecule has 1 atom stereocenters. The maximum Gasteiger partial charge on any atom is 0.228 e. The quantitative estimate of drug-likeness (QED) is 0.513. The molecule has 0 aliphatic carbocycles. The van der Waals surface area contributed by atoms with Crippen LogP contribution in [-0.2, 0) is 4.79 Å². The highest BCUT2D eigenvalue weighted by Crippen LogP contribution is 2.29. The first-order valence-corrected chi connectivity index (χ1v) is 5.72. The molecular formula is C10H11ClN6O. The van der Waals surface area contributed by atoms with E-state index in [0.29, 0.717) is 36.0 Å². The molecule has 2 N–H and O–H groups in total. The molecule has 7 nitrogen and oxygen atoms in total. The highest BCUT2D eigenvalue weighted by Gasteiger charge is 2.31. The Morgan fingerprint density at radius 3 is 3.17 bits per heavy atom. The summed E-state index contributed by atoms with van der Waals surface area (Å²) in [4.78, 5) is 20.1. The third-order valence-corrected chi connectivity index (χ3v) is 2.93. The number of azide groups is 1. The van der Waals surface area contributed by atoms with Crippen LogP contribution in [0.5, 0.6) is 0 Å². The van der Waals surface area contributed by atoms with Gasteiger partial charge in [0.25, 0.3) is 0 Å². The van der Waals surface area contributed by atoms with E-state index in [1.54, 1.807) is 6.07 Å². The molecule has 1 amide bonds. The van der Waals surface area contributed by atoms with Crippen molar-refractivity contribution < 1.29 is 4.79 Å². The summed E-state index contributed by atoms with van der Waals surface area (Å²) in [6, 6.07) is 1.55. The number of hydrogen-bond acceptors (Lipinski definition) is 4. The number of aromatic nitrogens is 1. The summed E-state index contributed by atoms with van der Waals surface area (Å²) in [6.07, 6.45) is 1.78. The second kappa shape index (κ2) is 5.12. The normalized spacial score (nSPS) is 18.8. The van der Waals surface area contributed by atoms with Crippen molar-refractivity contribution in [3.8, 4) is 0 Å². The van der Waals surface area contributed by atoms with E-state index in [1.807, 2.05) is 0 Å². The number of hydrogen-bond donors (Lipinski definition) is 1. The fraction of sp³-hybridized carbons (Fsp3) is 0.400. The Bertz CT molecular complexity index is 527. The lowest BCUT2D eigenvalue weighted by Crippen LogP contribution is -2.26. The summed E-state index contributed by atoms with van der Waals surface area (Å²) in [5.74, 6) is 0.341. The molecule has 0 radical (unpaired) electrons. The number of carbonyl (C=O) groups is 1. The minimum atomic E-state index is -0.0744. The number of nitrogens with two attached hydrogens (primary N) is 1. The summed E-state index contributed by atoms with van der Waals surface area (Å²) < 4.78 is 0. The zero-order valence-electron chi connectivity index (χ0n) is 9.45. The van der Waals surface area contributed by atoms with Crippen LogP contribution in [0, 0.1) is 5.92 Å². The van der Waals surface area contributed by atoms with Gasteiger partial charge in [0.15, 0.2) is 5.82 Å². The molecular weight excluding hydrogens is 256 g/mol. The van der Waals surface area contributed by atoms with Gasteiger partial charge >= 0.3 is 0 Å². The van der Waals surface area contributed by atoms with Gasteiger partial charge < -0.3 is 5.73 Å². The van der Waals surface area contributed by atoms with E-state index in [0.717, 1.165) is 0 Å². The zero-order valence-corrected chi connectivity index (χ0v) is 10.2. The van der Waals surface area contributed by atoms with Gasteiger partial charge in [-0.1, -0.05) is 16.7 Å². The molecule has 1 fully saturated rings. The van der Waals surface area contributed by atoms with E-state index >= 15 is 0 Å². The average molecular weight is 267 g/mol. The van der Waals surface area contributed by atoms with Gasteiger partial charge in [-0.05, 0) is 17.5 Å². The number of rotatable bonds is 3. The number of nitrogen functional groups attached to an aromatic ring is 1. The lowest BCUT2D eigenvalue weighted by Gasteiger charge is -2.17. The number of nitrogens with zero attached hydrogens (tertiary/aromatic N) is 5. The topological polar surface area (TPSA) is 108 Å². The highest BCUT2D eigenvalue weighted by atomic mass is 35.5. The molecule has 0 spiro atoms. The van der Waals surface area contributed by atoms with Crippen LogP contribution in [0.2, 0.25) is 5.02 Å². The van der Waals surface area contributed by atoms with E-state index in [2.05, 4.69) is 15.0 Å². The Hall–Kier alpha value is -1.98. The van der Waals surface area contributed by atoms with Crippen LogP contribution in [-0.4, -0.2) is 24.0 Å². The third-order valence-electron chi connectivity index (χ3n) is 2.73. The minimum Gasteiger partial charge on any atom is -0.396 e. The molecule has 1 saturated heterocycles. The summed E-state index contributed by atoms with van der Waals surface area (Å²) >= 11 is 5.76. The predicted molar refractivity (Wildman–Crippen MR) is 68.1 cm³/mol. The Kier molecular flexibility index (Phi) is 3.55. The van der Waals surface area contributed by atoms with Gasteiger partial charge in [0.2, 0.25) is 5.91 Å². The largest absolute Gasteiger partial charge is 0.396 e. The van der Waals surface area contributed by atoms with Crippen LogP contribution in [0.3, 0.4) is 0 Å². The van der Waals surface area contributed by atoms with Crippen LogP contribution < -0.4 is 10.6 Å². The van der Waals surface area contributed by atoms with E-state index in [1.165, 1.54) is 11.1 Å². The smallest absolute Gasteiger partial charge is 0.228 e. The lowest BCUT2D eigenvalue weighted by atomic mass is 10.1. The molecule has 0 aromatic carbocycles. The summed E-state index contributed by atoms with van der Waals surface area (Å²) in [6.45, 7) is 0.753. The zero-order chi connectivity index (χ0) is 13.1.